The molecule has 7 aromatic rings. The summed E-state index contributed by atoms with van der Waals surface area (Å²) in [5, 5.41) is 2.60. The van der Waals surface area contributed by atoms with Crippen LogP contribution < -0.4 is 0 Å². The lowest BCUT2D eigenvalue weighted by molar-refractivity contribution is 0.794. The summed E-state index contributed by atoms with van der Waals surface area (Å²) >= 11 is 3.63. The normalized spacial score (nSPS) is 13.5. The number of fused-ring (bicyclic) bond motifs is 12. The van der Waals surface area contributed by atoms with Crippen molar-refractivity contribution in [3.63, 3.8) is 0 Å². The van der Waals surface area contributed by atoms with E-state index < -0.39 is 0 Å². The fourth-order valence-electron chi connectivity index (χ4n) is 7.70. The molecule has 0 aliphatic heterocycles. The molecule has 0 unspecified atom stereocenters. The third kappa shape index (κ3) is 3.12. The maximum absolute atomic E-state index is 3.63. The van der Waals surface area contributed by atoms with Gasteiger partial charge in [-0.25, -0.2) is 0 Å². The van der Waals surface area contributed by atoms with E-state index in [9.17, 15) is 0 Å². The van der Waals surface area contributed by atoms with Crippen molar-refractivity contribution in [1.29, 1.82) is 0 Å². The van der Waals surface area contributed by atoms with E-state index in [0.717, 1.165) is 4.47 Å². The maximum Gasteiger partial charge on any atom is 0.0725 e. The van der Waals surface area contributed by atoms with Crippen LogP contribution in [0.15, 0.2) is 156 Å². The van der Waals surface area contributed by atoms with Gasteiger partial charge in [0.05, 0.1) is 5.41 Å². The molecule has 7 aromatic carbocycles. The van der Waals surface area contributed by atoms with E-state index in [2.05, 4.69) is 168 Å². The maximum atomic E-state index is 3.63. The van der Waals surface area contributed by atoms with E-state index in [1.807, 2.05) is 0 Å². The highest BCUT2D eigenvalue weighted by Crippen LogP contribution is 2.64. The van der Waals surface area contributed by atoms with Crippen LogP contribution in [0.25, 0.3) is 55.3 Å². The van der Waals surface area contributed by atoms with Crippen LogP contribution in [0.2, 0.25) is 0 Å². The Morgan fingerprint density at radius 3 is 1.57 bits per heavy atom. The van der Waals surface area contributed by atoms with Crippen LogP contribution >= 0.6 is 15.9 Å². The van der Waals surface area contributed by atoms with E-state index >= 15 is 0 Å². The quantitative estimate of drug-likeness (QED) is 0.186. The van der Waals surface area contributed by atoms with Crippen molar-refractivity contribution in [2.75, 3.05) is 0 Å². The Kier molecular flexibility index (Phi) is 5.06. The topological polar surface area (TPSA) is 0 Å². The molecule has 1 heteroatoms. The summed E-state index contributed by atoms with van der Waals surface area (Å²) in [6, 6.07) is 56.2. The third-order valence-electron chi connectivity index (χ3n) is 9.36. The second-order valence-electron chi connectivity index (χ2n) is 11.4. The first-order chi connectivity index (χ1) is 20.7. The number of benzene rings is 7. The molecular formula is C41H25Br. The van der Waals surface area contributed by atoms with E-state index in [4.69, 9.17) is 0 Å². The molecular weight excluding hydrogens is 572 g/mol. The molecule has 42 heavy (non-hydrogen) atoms. The Morgan fingerprint density at radius 2 is 0.905 bits per heavy atom. The summed E-state index contributed by atoms with van der Waals surface area (Å²) in [5.74, 6) is 0. The van der Waals surface area contributed by atoms with Gasteiger partial charge in [-0.15, -0.1) is 0 Å². The molecule has 1 spiro atoms. The lowest BCUT2D eigenvalue weighted by Crippen LogP contribution is -2.25. The number of hydrogen-bond donors (Lipinski definition) is 0. The molecule has 0 radical (unpaired) electrons. The highest BCUT2D eigenvalue weighted by molar-refractivity contribution is 9.10. The van der Waals surface area contributed by atoms with Gasteiger partial charge in [-0.1, -0.05) is 149 Å². The van der Waals surface area contributed by atoms with Crippen molar-refractivity contribution in [2.24, 2.45) is 0 Å². The summed E-state index contributed by atoms with van der Waals surface area (Å²) < 4.78 is 1.09. The van der Waals surface area contributed by atoms with Crippen LogP contribution in [0.1, 0.15) is 22.3 Å². The minimum Gasteiger partial charge on any atom is -0.0619 e. The van der Waals surface area contributed by atoms with Gasteiger partial charge in [0.25, 0.3) is 0 Å². The predicted octanol–water partition coefficient (Wildman–Crippen LogP) is 11.3. The largest absolute Gasteiger partial charge is 0.0725 e. The van der Waals surface area contributed by atoms with Gasteiger partial charge in [0, 0.05) is 4.47 Å². The molecule has 2 aliphatic rings. The Labute approximate surface area is 254 Å². The molecule has 196 valence electrons. The van der Waals surface area contributed by atoms with E-state index in [0.29, 0.717) is 0 Å². The molecule has 0 heterocycles. The van der Waals surface area contributed by atoms with E-state index in [1.165, 1.54) is 77.5 Å². The van der Waals surface area contributed by atoms with E-state index in [-0.39, 0.29) is 5.41 Å². The molecule has 9 rings (SSSR count). The molecule has 0 amide bonds. The van der Waals surface area contributed by atoms with Gasteiger partial charge in [0.2, 0.25) is 0 Å². The van der Waals surface area contributed by atoms with Gasteiger partial charge in [-0.05, 0) is 95.7 Å². The Morgan fingerprint density at radius 1 is 0.357 bits per heavy atom. The first-order valence-corrected chi connectivity index (χ1v) is 15.3. The minimum atomic E-state index is -0.353. The van der Waals surface area contributed by atoms with Gasteiger partial charge in [0.15, 0.2) is 0 Å². The summed E-state index contributed by atoms with van der Waals surface area (Å²) in [6.07, 6.45) is 0. The fourth-order valence-corrected chi connectivity index (χ4v) is 8.10. The summed E-state index contributed by atoms with van der Waals surface area (Å²) in [6.45, 7) is 0. The van der Waals surface area contributed by atoms with Gasteiger partial charge in [-0.3, -0.25) is 0 Å². The molecule has 0 saturated carbocycles. The number of hydrogen-bond acceptors (Lipinski definition) is 0. The Hall–Kier alpha value is -4.72. The second kappa shape index (κ2) is 8.89. The van der Waals surface area contributed by atoms with Crippen molar-refractivity contribution in [2.45, 2.75) is 5.41 Å². The smallest absolute Gasteiger partial charge is 0.0619 e. The molecule has 0 saturated heterocycles. The van der Waals surface area contributed by atoms with Gasteiger partial charge in [0.1, 0.15) is 0 Å². The first-order valence-electron chi connectivity index (χ1n) is 14.5. The number of halogens is 1. The molecule has 0 fully saturated rings. The van der Waals surface area contributed by atoms with Crippen molar-refractivity contribution in [1.82, 2.24) is 0 Å². The lowest BCUT2D eigenvalue weighted by Gasteiger charge is -2.31. The van der Waals surface area contributed by atoms with Crippen LogP contribution in [0.4, 0.5) is 0 Å². The SMILES string of the molecule is Brc1cccc(-c2ccc(-c3cc4c(c5ccccc35)-c3ccccc3C43c4ccccc4-c4ccccc43)cc2)c1. The summed E-state index contributed by atoms with van der Waals surface area (Å²) in [5.41, 5.74) is 15.5. The van der Waals surface area contributed by atoms with Crippen molar-refractivity contribution < 1.29 is 0 Å². The van der Waals surface area contributed by atoms with Crippen LogP contribution in [0, 0.1) is 0 Å². The average Bonchev–Trinajstić information content (AvgIpc) is 3.52. The Bertz CT molecular complexity index is 2160. The minimum absolute atomic E-state index is 0.353. The predicted molar refractivity (Wildman–Crippen MR) is 179 cm³/mol. The number of rotatable bonds is 2. The van der Waals surface area contributed by atoms with Crippen molar-refractivity contribution in [3.8, 4) is 44.5 Å². The zero-order valence-electron chi connectivity index (χ0n) is 22.8. The molecule has 2 aliphatic carbocycles. The van der Waals surface area contributed by atoms with Gasteiger partial charge in [-0.2, -0.15) is 0 Å². The van der Waals surface area contributed by atoms with Crippen LogP contribution in [-0.4, -0.2) is 0 Å². The van der Waals surface area contributed by atoms with Crippen LogP contribution in [0.5, 0.6) is 0 Å². The summed E-state index contributed by atoms with van der Waals surface area (Å²) in [7, 11) is 0. The van der Waals surface area contributed by atoms with Gasteiger partial charge >= 0.3 is 0 Å². The zero-order chi connectivity index (χ0) is 27.8. The second-order valence-corrected chi connectivity index (χ2v) is 12.3. The molecule has 0 N–H and O–H groups in total. The zero-order valence-corrected chi connectivity index (χ0v) is 24.4. The molecule has 0 aromatic heterocycles. The van der Waals surface area contributed by atoms with Crippen LogP contribution in [-0.2, 0) is 5.41 Å². The van der Waals surface area contributed by atoms with Crippen molar-refractivity contribution >= 4 is 26.7 Å². The van der Waals surface area contributed by atoms with Gasteiger partial charge < -0.3 is 0 Å². The third-order valence-corrected chi connectivity index (χ3v) is 9.85. The first kappa shape index (κ1) is 23.9. The van der Waals surface area contributed by atoms with Crippen molar-refractivity contribution in [3.05, 3.63) is 178 Å². The standard InChI is InChI=1S/C41H25Br/c42-29-11-9-10-28(24-29)26-20-22-27(23-21-26)35-25-39-40(33-15-2-1-12-30(33)35)34-16-5-8-19-38(34)41(39)36-17-6-3-13-31(36)32-14-4-7-18-37(32)41/h1-25H. The monoisotopic (exact) mass is 596 g/mol. The molecule has 0 nitrogen and oxygen atoms in total. The fraction of sp³-hybridized carbons (Fsp3) is 0.0244. The van der Waals surface area contributed by atoms with Crippen LogP contribution in [0.3, 0.4) is 0 Å². The Balaban J connectivity index is 1.37. The summed E-state index contributed by atoms with van der Waals surface area (Å²) in [4.78, 5) is 0. The van der Waals surface area contributed by atoms with E-state index in [1.54, 1.807) is 0 Å². The highest BCUT2D eigenvalue weighted by atomic mass is 79.9. The average molecular weight is 598 g/mol. The lowest BCUT2D eigenvalue weighted by atomic mass is 9.70. The molecule has 0 atom stereocenters. The molecule has 0 bridgehead atoms. The highest BCUT2D eigenvalue weighted by Gasteiger charge is 2.52.